The summed E-state index contributed by atoms with van der Waals surface area (Å²) in [5.74, 6) is 0.514. The van der Waals surface area contributed by atoms with Crippen molar-refractivity contribution in [3.05, 3.63) is 101 Å². The molecular weight excluding hydrogens is 334 g/mol. The molecule has 0 heterocycles. The molecule has 0 unspecified atom stereocenters. The summed E-state index contributed by atoms with van der Waals surface area (Å²) in [6.45, 7) is 3.17. The van der Waals surface area contributed by atoms with Gasteiger partial charge in [-0.05, 0) is 43.0 Å². The zero-order valence-electron chi connectivity index (χ0n) is 15.7. The molecule has 0 aliphatic carbocycles. The number of aryl methyl sites for hydroxylation is 2. The third-order valence-electron chi connectivity index (χ3n) is 4.42. The molecule has 3 nitrogen and oxygen atoms in total. The topological polar surface area (TPSA) is 38.3 Å². The molecule has 1 amide bonds. The van der Waals surface area contributed by atoms with Gasteiger partial charge in [0.15, 0.2) is 0 Å². The minimum Gasteiger partial charge on any atom is -0.488 e. The monoisotopic (exact) mass is 359 g/mol. The van der Waals surface area contributed by atoms with Crippen LogP contribution in [0.15, 0.2) is 78.9 Å². The van der Waals surface area contributed by atoms with E-state index in [1.165, 1.54) is 11.1 Å². The molecule has 3 rings (SSSR count). The number of para-hydroxylation sites is 1. The number of benzene rings is 3. The molecule has 0 radical (unpaired) electrons. The second-order valence-corrected chi connectivity index (χ2v) is 6.62. The van der Waals surface area contributed by atoms with Crippen molar-refractivity contribution in [2.45, 2.75) is 26.4 Å². The molecule has 0 atom stereocenters. The fraction of sp³-hybridized carbons (Fsp3) is 0.208. The first-order valence-electron chi connectivity index (χ1n) is 9.32. The van der Waals surface area contributed by atoms with E-state index in [2.05, 4.69) is 36.5 Å². The van der Waals surface area contributed by atoms with Crippen LogP contribution >= 0.6 is 0 Å². The fourth-order valence-electron chi connectivity index (χ4n) is 2.86. The average molecular weight is 359 g/mol. The van der Waals surface area contributed by atoms with Crippen LogP contribution in [-0.2, 0) is 13.0 Å². The van der Waals surface area contributed by atoms with Crippen molar-refractivity contribution in [1.82, 2.24) is 5.32 Å². The fourth-order valence-corrected chi connectivity index (χ4v) is 2.86. The van der Waals surface area contributed by atoms with Crippen molar-refractivity contribution in [2.24, 2.45) is 0 Å². The van der Waals surface area contributed by atoms with Crippen molar-refractivity contribution in [3.63, 3.8) is 0 Å². The molecule has 0 bridgehead atoms. The van der Waals surface area contributed by atoms with Crippen LogP contribution in [0.1, 0.15) is 33.5 Å². The molecule has 0 saturated carbocycles. The number of hydrogen-bond acceptors (Lipinski definition) is 2. The molecule has 0 saturated heterocycles. The summed E-state index contributed by atoms with van der Waals surface area (Å²) in [4.78, 5) is 12.5. The Morgan fingerprint density at radius 2 is 1.56 bits per heavy atom. The minimum atomic E-state index is -0.0948. The highest BCUT2D eigenvalue weighted by Gasteiger charge is 2.11. The van der Waals surface area contributed by atoms with Crippen LogP contribution in [0, 0.1) is 6.92 Å². The second kappa shape index (κ2) is 9.58. The number of hydrogen-bond donors (Lipinski definition) is 1. The van der Waals surface area contributed by atoms with Crippen LogP contribution in [0.3, 0.4) is 0 Å². The number of nitrogens with one attached hydrogen (secondary N) is 1. The number of carbonyl (C=O) groups excluding carboxylic acids is 1. The summed E-state index contributed by atoms with van der Waals surface area (Å²) in [6, 6.07) is 25.8. The summed E-state index contributed by atoms with van der Waals surface area (Å²) in [7, 11) is 0. The Balaban J connectivity index is 1.51. The van der Waals surface area contributed by atoms with Gasteiger partial charge in [-0.15, -0.1) is 0 Å². The van der Waals surface area contributed by atoms with Crippen molar-refractivity contribution >= 4 is 5.91 Å². The maximum atomic E-state index is 12.5. The molecular formula is C24H25NO2. The highest BCUT2D eigenvalue weighted by Crippen LogP contribution is 2.19. The van der Waals surface area contributed by atoms with E-state index in [1.807, 2.05) is 48.5 Å². The van der Waals surface area contributed by atoms with Crippen molar-refractivity contribution < 1.29 is 9.53 Å². The zero-order chi connectivity index (χ0) is 18.9. The van der Waals surface area contributed by atoms with Gasteiger partial charge in [-0.3, -0.25) is 4.79 Å². The molecule has 0 aliphatic heterocycles. The molecule has 138 valence electrons. The van der Waals surface area contributed by atoms with Gasteiger partial charge in [0.2, 0.25) is 0 Å². The summed E-state index contributed by atoms with van der Waals surface area (Å²) < 4.78 is 5.87. The molecule has 0 aliphatic rings. The predicted octanol–water partition coefficient (Wildman–Crippen LogP) is 4.94. The van der Waals surface area contributed by atoms with Gasteiger partial charge in [0.05, 0.1) is 5.56 Å². The smallest absolute Gasteiger partial charge is 0.255 e. The lowest BCUT2D eigenvalue weighted by Gasteiger charge is -2.12. The minimum absolute atomic E-state index is 0.0948. The van der Waals surface area contributed by atoms with E-state index in [0.29, 0.717) is 24.5 Å². The molecule has 3 aromatic carbocycles. The lowest BCUT2D eigenvalue weighted by Crippen LogP contribution is -2.25. The Bertz CT molecular complexity index is 857. The summed E-state index contributed by atoms with van der Waals surface area (Å²) >= 11 is 0. The SMILES string of the molecule is Cc1ccc(CCCNC(=O)c2ccccc2OCc2ccccc2)cc1. The van der Waals surface area contributed by atoms with Gasteiger partial charge < -0.3 is 10.1 Å². The molecule has 27 heavy (non-hydrogen) atoms. The molecule has 3 heteroatoms. The number of carbonyl (C=O) groups is 1. The summed E-state index contributed by atoms with van der Waals surface area (Å²) in [5, 5.41) is 3.00. The standard InChI is InChI=1S/C24H25NO2/c1-19-13-15-20(16-14-19)10-7-17-25-24(26)22-11-5-6-12-23(22)27-18-21-8-3-2-4-9-21/h2-6,8-9,11-16H,7,10,17-18H2,1H3,(H,25,26). The summed E-state index contributed by atoms with van der Waals surface area (Å²) in [6.07, 6.45) is 1.86. The quantitative estimate of drug-likeness (QED) is 0.579. The molecule has 0 aromatic heterocycles. The van der Waals surface area contributed by atoms with Crippen LogP contribution in [0.5, 0.6) is 5.75 Å². The molecule has 3 aromatic rings. The lowest BCUT2D eigenvalue weighted by molar-refractivity contribution is 0.0948. The van der Waals surface area contributed by atoms with E-state index in [4.69, 9.17) is 4.74 Å². The lowest BCUT2D eigenvalue weighted by atomic mass is 10.1. The third-order valence-corrected chi connectivity index (χ3v) is 4.42. The largest absolute Gasteiger partial charge is 0.488 e. The van der Waals surface area contributed by atoms with E-state index in [1.54, 1.807) is 6.07 Å². The van der Waals surface area contributed by atoms with E-state index >= 15 is 0 Å². The van der Waals surface area contributed by atoms with E-state index in [0.717, 1.165) is 18.4 Å². The van der Waals surface area contributed by atoms with Crippen molar-refractivity contribution in [1.29, 1.82) is 0 Å². The molecule has 0 spiro atoms. The maximum Gasteiger partial charge on any atom is 0.255 e. The van der Waals surface area contributed by atoms with E-state index in [-0.39, 0.29) is 5.91 Å². The maximum absolute atomic E-state index is 12.5. The van der Waals surface area contributed by atoms with E-state index in [9.17, 15) is 4.79 Å². The average Bonchev–Trinajstić information content (AvgIpc) is 2.72. The number of amides is 1. The van der Waals surface area contributed by atoms with Gasteiger partial charge in [-0.25, -0.2) is 0 Å². The zero-order valence-corrected chi connectivity index (χ0v) is 15.7. The van der Waals surface area contributed by atoms with Gasteiger partial charge in [0.1, 0.15) is 12.4 Å². The van der Waals surface area contributed by atoms with Crippen LogP contribution in [0.25, 0.3) is 0 Å². The van der Waals surface area contributed by atoms with Gasteiger partial charge in [-0.1, -0.05) is 72.3 Å². The first-order chi connectivity index (χ1) is 13.2. The van der Waals surface area contributed by atoms with Crippen molar-refractivity contribution in [3.8, 4) is 5.75 Å². The third kappa shape index (κ3) is 5.71. The Hall–Kier alpha value is -3.07. The van der Waals surface area contributed by atoms with Crippen LogP contribution in [-0.4, -0.2) is 12.5 Å². The molecule has 0 fully saturated rings. The van der Waals surface area contributed by atoms with Crippen LogP contribution in [0.2, 0.25) is 0 Å². The van der Waals surface area contributed by atoms with Gasteiger partial charge in [0.25, 0.3) is 5.91 Å². The highest BCUT2D eigenvalue weighted by molar-refractivity contribution is 5.96. The Morgan fingerprint density at radius 1 is 0.852 bits per heavy atom. The Morgan fingerprint density at radius 3 is 2.33 bits per heavy atom. The van der Waals surface area contributed by atoms with Gasteiger partial charge in [-0.2, -0.15) is 0 Å². The Kier molecular flexibility index (Phi) is 6.64. The van der Waals surface area contributed by atoms with Gasteiger partial charge in [0, 0.05) is 6.54 Å². The number of ether oxygens (including phenoxy) is 1. The normalized spacial score (nSPS) is 10.4. The van der Waals surface area contributed by atoms with Gasteiger partial charge >= 0.3 is 0 Å². The first-order valence-corrected chi connectivity index (χ1v) is 9.32. The second-order valence-electron chi connectivity index (χ2n) is 6.62. The summed E-state index contributed by atoms with van der Waals surface area (Å²) in [5.41, 5.74) is 4.20. The van der Waals surface area contributed by atoms with E-state index < -0.39 is 0 Å². The highest BCUT2D eigenvalue weighted by atomic mass is 16.5. The van der Waals surface area contributed by atoms with Crippen LogP contribution in [0.4, 0.5) is 0 Å². The van der Waals surface area contributed by atoms with Crippen LogP contribution < -0.4 is 10.1 Å². The number of rotatable bonds is 8. The first kappa shape index (κ1) is 18.7. The Labute approximate surface area is 161 Å². The molecule has 1 N–H and O–H groups in total. The predicted molar refractivity (Wildman–Crippen MR) is 109 cm³/mol. The van der Waals surface area contributed by atoms with Crippen molar-refractivity contribution in [2.75, 3.05) is 6.54 Å².